The van der Waals surface area contributed by atoms with Gasteiger partial charge in [-0.2, -0.15) is 0 Å². The highest BCUT2D eigenvalue weighted by molar-refractivity contribution is 6.39. The minimum Gasteiger partial charge on any atom is -0.460 e. The van der Waals surface area contributed by atoms with Gasteiger partial charge in [-0.15, -0.1) is 0 Å². The van der Waals surface area contributed by atoms with Gasteiger partial charge in [0.05, 0.1) is 38.3 Å². The van der Waals surface area contributed by atoms with Gasteiger partial charge in [-0.25, -0.2) is 5.43 Å². The van der Waals surface area contributed by atoms with Crippen molar-refractivity contribution in [3.63, 3.8) is 0 Å². The van der Waals surface area contributed by atoms with Crippen LogP contribution in [-0.4, -0.2) is 105 Å². The third kappa shape index (κ3) is 12.5. The Labute approximate surface area is 313 Å². The predicted octanol–water partition coefficient (Wildman–Crippen LogP) is 1.98. The number of nitrogens with one attached hydrogen (secondary N) is 4. The number of hydrazine groups is 1. The number of carbonyl (C=O) groups excluding carboxylic acids is 5. The molecule has 2 heterocycles. The molecule has 1 aromatic carbocycles. The van der Waals surface area contributed by atoms with Gasteiger partial charge in [0.2, 0.25) is 23.4 Å². The van der Waals surface area contributed by atoms with E-state index in [2.05, 4.69) is 48.2 Å². The van der Waals surface area contributed by atoms with Crippen molar-refractivity contribution in [3.8, 4) is 0 Å². The molecule has 0 radical (unpaired) electrons. The van der Waals surface area contributed by atoms with Crippen molar-refractivity contribution in [1.29, 1.82) is 0 Å². The SMILES string of the molecule is COC1C(OC(=O)CCCCCCCNC(=O)CNCC(=O)C(=O)CNC(=O)[C@H](Cc2ccccc2)NN)CC[C@]2(CO2)C1C1(C)O[C@@H]1CC=C(C)C. The second-order valence-electron chi connectivity index (χ2n) is 14.9. The number of carbonyl (C=O) groups is 5. The van der Waals surface area contributed by atoms with Gasteiger partial charge in [0, 0.05) is 20.1 Å². The van der Waals surface area contributed by atoms with Crippen molar-refractivity contribution in [2.45, 2.75) is 121 Å². The zero-order chi connectivity index (χ0) is 38.4. The quantitative estimate of drug-likeness (QED) is 0.0197. The van der Waals surface area contributed by atoms with Crippen molar-refractivity contribution in [3.05, 3.63) is 47.5 Å². The Hall–Kier alpha value is -3.53. The summed E-state index contributed by atoms with van der Waals surface area (Å²) in [6, 6.07) is 8.49. The van der Waals surface area contributed by atoms with Crippen LogP contribution in [0.25, 0.3) is 0 Å². The Balaban J connectivity index is 1.02. The highest BCUT2D eigenvalue weighted by Gasteiger charge is 2.72. The van der Waals surface area contributed by atoms with Crippen LogP contribution in [0.4, 0.5) is 0 Å². The maximum atomic E-state index is 12.8. The topological polar surface area (TPSA) is 203 Å². The van der Waals surface area contributed by atoms with Crippen LogP contribution in [-0.2, 0) is 49.3 Å². The molecule has 4 unspecified atom stereocenters. The van der Waals surface area contributed by atoms with Crippen LogP contribution in [0.1, 0.15) is 84.1 Å². The molecule has 3 fully saturated rings. The van der Waals surface area contributed by atoms with Crippen molar-refractivity contribution in [2.75, 3.05) is 39.9 Å². The van der Waals surface area contributed by atoms with Crippen LogP contribution < -0.4 is 27.2 Å². The first-order valence-electron chi connectivity index (χ1n) is 18.9. The predicted molar refractivity (Wildman–Crippen MR) is 197 cm³/mol. The van der Waals surface area contributed by atoms with Gasteiger partial charge in [0.25, 0.3) is 0 Å². The molecule has 14 heteroatoms. The second-order valence-corrected chi connectivity index (χ2v) is 14.9. The van der Waals surface area contributed by atoms with E-state index >= 15 is 0 Å². The molecule has 3 aliphatic rings. The van der Waals surface area contributed by atoms with E-state index in [0.717, 1.165) is 50.5 Å². The zero-order valence-electron chi connectivity index (χ0n) is 31.7. The molecule has 6 N–H and O–H groups in total. The minimum absolute atomic E-state index is 0.00473. The van der Waals surface area contributed by atoms with Crippen LogP contribution >= 0.6 is 0 Å². The number of benzene rings is 1. The number of rotatable bonds is 24. The monoisotopic (exact) mass is 741 g/mol. The molecule has 1 spiro atoms. The van der Waals surface area contributed by atoms with Crippen molar-refractivity contribution in [2.24, 2.45) is 11.8 Å². The van der Waals surface area contributed by atoms with Crippen molar-refractivity contribution < 1.29 is 42.9 Å². The number of hydrogen-bond acceptors (Lipinski definition) is 12. The molecule has 1 aromatic rings. The Morgan fingerprint density at radius 1 is 0.981 bits per heavy atom. The Bertz CT molecular complexity index is 1430. The van der Waals surface area contributed by atoms with Gasteiger partial charge in [-0.3, -0.25) is 29.8 Å². The summed E-state index contributed by atoms with van der Waals surface area (Å²) in [6.07, 6.45) is 8.86. The normalized spacial score (nSPS) is 26.3. The van der Waals surface area contributed by atoms with Gasteiger partial charge in [-0.05, 0) is 64.9 Å². The van der Waals surface area contributed by atoms with Crippen LogP contribution in [0.15, 0.2) is 42.0 Å². The van der Waals surface area contributed by atoms with E-state index < -0.39 is 30.1 Å². The molecule has 1 aliphatic carbocycles. The average molecular weight is 742 g/mol. The van der Waals surface area contributed by atoms with E-state index in [1.165, 1.54) is 5.57 Å². The number of methoxy groups -OCH3 is 1. The number of hydrogen-bond donors (Lipinski definition) is 5. The summed E-state index contributed by atoms with van der Waals surface area (Å²) in [4.78, 5) is 61.7. The van der Waals surface area contributed by atoms with Crippen molar-refractivity contribution >= 4 is 29.4 Å². The number of amides is 2. The molecule has 0 bridgehead atoms. The first-order chi connectivity index (χ1) is 25.4. The molecule has 0 aromatic heterocycles. The number of nitrogens with two attached hydrogens (primary N) is 1. The minimum atomic E-state index is -0.777. The summed E-state index contributed by atoms with van der Waals surface area (Å²) in [5, 5.41) is 7.90. The third-order valence-corrected chi connectivity index (χ3v) is 10.5. The lowest BCUT2D eigenvalue weighted by molar-refractivity contribution is -0.172. The van der Waals surface area contributed by atoms with E-state index in [1.54, 1.807) is 7.11 Å². The Morgan fingerprint density at radius 2 is 1.68 bits per heavy atom. The van der Waals surface area contributed by atoms with E-state index in [9.17, 15) is 24.0 Å². The number of allylic oxidation sites excluding steroid dienone is 1. The number of ether oxygens (including phenoxy) is 4. The first-order valence-corrected chi connectivity index (χ1v) is 18.9. The summed E-state index contributed by atoms with van der Waals surface area (Å²) in [6.45, 7) is 6.56. The van der Waals surface area contributed by atoms with Gasteiger partial charge in [-0.1, -0.05) is 61.2 Å². The van der Waals surface area contributed by atoms with Gasteiger partial charge >= 0.3 is 5.97 Å². The molecule has 7 atom stereocenters. The standard InChI is InChI=1S/C39H59N5O9/c1-26(2)16-17-32-38(3,53-32)36-35(50-4)31(18-19-39(36)25-51-39)52-34(48)15-11-6-5-7-12-20-42-33(47)24-41-22-29(45)30(46)23-43-37(49)28(44-40)21-27-13-9-8-10-14-27/h8-10,13-14,16,28,31-32,35-36,41,44H,5-7,11-12,15,17-25,40H2,1-4H3,(H,42,47)(H,43,49)/t28-,31?,32+,35?,36?,38?,39-/m0/s1. The Kier molecular flexibility index (Phi) is 16.1. The highest BCUT2D eigenvalue weighted by atomic mass is 16.6. The fraction of sp³-hybridized carbons (Fsp3) is 0.667. The lowest BCUT2D eigenvalue weighted by Gasteiger charge is -2.42. The van der Waals surface area contributed by atoms with Crippen molar-refractivity contribution in [1.82, 2.24) is 21.4 Å². The molecule has 1 saturated carbocycles. The molecule has 2 aliphatic heterocycles. The van der Waals surface area contributed by atoms with E-state index in [4.69, 9.17) is 24.8 Å². The third-order valence-electron chi connectivity index (χ3n) is 10.5. The van der Waals surface area contributed by atoms with Crippen LogP contribution in [0, 0.1) is 5.92 Å². The zero-order valence-corrected chi connectivity index (χ0v) is 31.7. The number of epoxide rings is 2. The molecular weight excluding hydrogens is 682 g/mol. The molecular formula is C39H59N5O9. The molecule has 4 rings (SSSR count). The lowest BCUT2D eigenvalue weighted by Crippen LogP contribution is -2.55. The van der Waals surface area contributed by atoms with E-state index in [1.807, 2.05) is 30.3 Å². The summed E-state index contributed by atoms with van der Waals surface area (Å²) in [5.41, 5.74) is 3.94. The molecule has 294 valence electrons. The molecule has 14 nitrogen and oxygen atoms in total. The fourth-order valence-electron chi connectivity index (χ4n) is 7.37. The van der Waals surface area contributed by atoms with E-state index in [-0.39, 0.29) is 60.4 Å². The second kappa shape index (κ2) is 20.2. The number of unbranched alkanes of at least 4 members (excludes halogenated alkanes) is 4. The fourth-order valence-corrected chi connectivity index (χ4v) is 7.37. The van der Waals surface area contributed by atoms with Gasteiger partial charge < -0.3 is 34.9 Å². The lowest BCUT2D eigenvalue weighted by atomic mass is 9.68. The highest BCUT2D eigenvalue weighted by Crippen LogP contribution is 2.59. The number of ketones is 2. The van der Waals surface area contributed by atoms with Gasteiger partial charge in [0.1, 0.15) is 29.5 Å². The molecule has 2 saturated heterocycles. The number of Topliss-reactive ketones (excluding diaryl/α,β-unsaturated/α-hetero) is 2. The summed E-state index contributed by atoms with van der Waals surface area (Å²) >= 11 is 0. The summed E-state index contributed by atoms with van der Waals surface area (Å²) in [7, 11) is 1.68. The summed E-state index contributed by atoms with van der Waals surface area (Å²) in [5.74, 6) is 2.97. The maximum Gasteiger partial charge on any atom is 0.306 e. The molecule has 2 amide bonds. The van der Waals surface area contributed by atoms with Crippen LogP contribution in [0.2, 0.25) is 0 Å². The largest absolute Gasteiger partial charge is 0.460 e. The smallest absolute Gasteiger partial charge is 0.306 e. The van der Waals surface area contributed by atoms with E-state index in [0.29, 0.717) is 32.4 Å². The Morgan fingerprint density at radius 3 is 2.36 bits per heavy atom. The average Bonchev–Trinajstić information content (AvgIpc) is 4.06. The maximum absolute atomic E-state index is 12.8. The number of esters is 1. The molecule has 53 heavy (non-hydrogen) atoms. The first kappa shape index (κ1) is 42.2. The van der Waals surface area contributed by atoms with Crippen LogP contribution in [0.5, 0.6) is 0 Å². The van der Waals surface area contributed by atoms with Crippen LogP contribution in [0.3, 0.4) is 0 Å². The van der Waals surface area contributed by atoms with Gasteiger partial charge in [0.15, 0.2) is 0 Å². The summed E-state index contributed by atoms with van der Waals surface area (Å²) < 4.78 is 24.2.